The van der Waals surface area contributed by atoms with Crippen molar-refractivity contribution in [2.45, 2.75) is 25.7 Å². The van der Waals surface area contributed by atoms with Crippen molar-refractivity contribution in [1.29, 1.82) is 0 Å². The third-order valence-corrected chi connectivity index (χ3v) is 4.58. The molecule has 3 rings (SSSR count). The van der Waals surface area contributed by atoms with Gasteiger partial charge in [-0.3, -0.25) is 0 Å². The Labute approximate surface area is 160 Å². The van der Waals surface area contributed by atoms with Crippen molar-refractivity contribution in [3.8, 4) is 5.75 Å². The lowest BCUT2D eigenvalue weighted by Gasteiger charge is -2.22. The van der Waals surface area contributed by atoms with Gasteiger partial charge in [0.15, 0.2) is 0 Å². The van der Waals surface area contributed by atoms with Crippen molar-refractivity contribution in [1.82, 2.24) is 0 Å². The molecule has 0 bridgehead atoms. The van der Waals surface area contributed by atoms with Gasteiger partial charge in [0.1, 0.15) is 11.4 Å². The summed E-state index contributed by atoms with van der Waals surface area (Å²) >= 11 is 12.1. The fourth-order valence-corrected chi connectivity index (χ4v) is 3.70. The molecule has 1 unspecified atom stereocenters. The highest BCUT2D eigenvalue weighted by atomic mass is 35.5. The summed E-state index contributed by atoms with van der Waals surface area (Å²) in [6.07, 6.45) is 0.320. The van der Waals surface area contributed by atoms with Crippen LogP contribution in [-0.2, 0) is 11.2 Å². The van der Waals surface area contributed by atoms with E-state index in [0.717, 1.165) is 5.56 Å². The van der Waals surface area contributed by atoms with Gasteiger partial charge in [-0.1, -0.05) is 47.2 Å². The monoisotopic (exact) mass is 389 g/mol. The maximum absolute atomic E-state index is 12.9. The number of carbonyl (C=O) groups excluding carboxylic acids is 1. The second-order valence-electron chi connectivity index (χ2n) is 6.21. The van der Waals surface area contributed by atoms with E-state index >= 15 is 0 Å². The van der Waals surface area contributed by atoms with Crippen molar-refractivity contribution in [2.75, 3.05) is 0 Å². The van der Waals surface area contributed by atoms with Crippen molar-refractivity contribution in [3.63, 3.8) is 0 Å². The average Bonchev–Trinajstić information content (AvgIpc) is 2.53. The Bertz CT molecular complexity index is 1020. The molecule has 1 aromatic heterocycles. The lowest BCUT2D eigenvalue weighted by atomic mass is 9.88. The molecule has 6 heteroatoms. The Morgan fingerprint density at radius 2 is 1.81 bits per heavy atom. The minimum Gasteiger partial charge on any atom is -0.872 e. The second-order valence-corrected chi connectivity index (χ2v) is 7.09. The van der Waals surface area contributed by atoms with E-state index in [9.17, 15) is 14.7 Å². The Balaban J connectivity index is 2.12. The van der Waals surface area contributed by atoms with Crippen molar-refractivity contribution >= 4 is 40.0 Å². The molecule has 134 valence electrons. The molecule has 0 radical (unpaired) electrons. The van der Waals surface area contributed by atoms with Gasteiger partial charge in [0, 0.05) is 33.3 Å². The highest BCUT2D eigenvalue weighted by molar-refractivity contribution is 6.34. The summed E-state index contributed by atoms with van der Waals surface area (Å²) in [6.45, 7) is 1.42. The molecule has 0 amide bonds. The van der Waals surface area contributed by atoms with Gasteiger partial charge in [0.2, 0.25) is 0 Å². The number of Topliss-reactive ketones (excluding diaryl/α,β-unsaturated/α-hetero) is 1. The summed E-state index contributed by atoms with van der Waals surface area (Å²) in [5.41, 5.74) is 0.238. The van der Waals surface area contributed by atoms with Crippen molar-refractivity contribution in [2.24, 2.45) is 0 Å². The van der Waals surface area contributed by atoms with E-state index in [1.807, 2.05) is 0 Å². The smallest absolute Gasteiger partial charge is 0.339 e. The zero-order chi connectivity index (χ0) is 18.8. The van der Waals surface area contributed by atoms with Gasteiger partial charge < -0.3 is 14.3 Å². The van der Waals surface area contributed by atoms with Crippen LogP contribution in [0.25, 0.3) is 11.0 Å². The summed E-state index contributed by atoms with van der Waals surface area (Å²) in [6, 6.07) is 11.6. The highest BCUT2D eigenvalue weighted by Crippen LogP contribution is 2.33. The summed E-state index contributed by atoms with van der Waals surface area (Å²) in [5, 5.41) is 14.1. The second kappa shape index (κ2) is 7.52. The Kier molecular flexibility index (Phi) is 5.35. The van der Waals surface area contributed by atoms with Gasteiger partial charge in [-0.25, -0.2) is 4.79 Å². The van der Waals surface area contributed by atoms with Crippen LogP contribution in [0.4, 0.5) is 0 Å². The number of halogens is 2. The minimum atomic E-state index is -0.715. The number of para-hydroxylation sites is 1. The molecule has 0 fully saturated rings. The third kappa shape index (κ3) is 3.92. The molecule has 2 aromatic carbocycles. The molecular weight excluding hydrogens is 375 g/mol. The third-order valence-electron chi connectivity index (χ3n) is 4.15. The molecule has 1 atom stereocenters. The molecular formula is C20H15Cl2O4-. The number of hydrogen-bond donors (Lipinski definition) is 0. The molecule has 26 heavy (non-hydrogen) atoms. The number of carbonyl (C=O) groups is 1. The fraction of sp³-hybridized carbons (Fsp3) is 0.200. The number of ketones is 1. The molecule has 3 aromatic rings. The first-order chi connectivity index (χ1) is 12.3. The first-order valence-corrected chi connectivity index (χ1v) is 8.78. The Morgan fingerprint density at radius 3 is 2.46 bits per heavy atom. The van der Waals surface area contributed by atoms with Gasteiger partial charge >= 0.3 is 5.63 Å². The van der Waals surface area contributed by atoms with Crippen LogP contribution >= 0.6 is 23.2 Å². The van der Waals surface area contributed by atoms with E-state index in [1.54, 1.807) is 42.5 Å². The largest absolute Gasteiger partial charge is 0.872 e. The van der Waals surface area contributed by atoms with Gasteiger partial charge in [0.25, 0.3) is 0 Å². The summed E-state index contributed by atoms with van der Waals surface area (Å²) in [5.74, 6) is -1.15. The van der Waals surface area contributed by atoms with E-state index in [0.29, 0.717) is 15.4 Å². The SMILES string of the molecule is CC(=O)CC(Cc1cc(Cl)cc(Cl)c1)c1c([O-])c2ccccc2oc1=O. The molecule has 0 aliphatic carbocycles. The first kappa shape index (κ1) is 18.5. The van der Waals surface area contributed by atoms with Crippen LogP contribution in [0.2, 0.25) is 10.0 Å². The summed E-state index contributed by atoms with van der Waals surface area (Å²) < 4.78 is 5.30. The summed E-state index contributed by atoms with van der Waals surface area (Å²) in [4.78, 5) is 24.2. The van der Waals surface area contributed by atoms with E-state index < -0.39 is 17.3 Å². The van der Waals surface area contributed by atoms with Crippen LogP contribution in [0.5, 0.6) is 5.75 Å². The number of rotatable bonds is 5. The Morgan fingerprint density at radius 1 is 1.15 bits per heavy atom. The molecule has 0 aliphatic rings. The molecule has 4 nitrogen and oxygen atoms in total. The van der Waals surface area contributed by atoms with Crippen molar-refractivity contribution < 1.29 is 14.3 Å². The molecule has 1 heterocycles. The first-order valence-electron chi connectivity index (χ1n) is 8.02. The van der Waals surface area contributed by atoms with E-state index in [4.69, 9.17) is 27.6 Å². The van der Waals surface area contributed by atoms with Gasteiger partial charge in [0.05, 0.1) is 0 Å². The van der Waals surface area contributed by atoms with Crippen molar-refractivity contribution in [3.05, 3.63) is 74.1 Å². The average molecular weight is 390 g/mol. The number of fused-ring (bicyclic) bond motifs is 1. The van der Waals surface area contributed by atoms with Gasteiger partial charge in [-0.2, -0.15) is 0 Å². The maximum atomic E-state index is 12.9. The fourth-order valence-electron chi connectivity index (χ4n) is 3.12. The van der Waals surface area contributed by atoms with Crippen LogP contribution < -0.4 is 10.7 Å². The van der Waals surface area contributed by atoms with E-state index in [1.165, 1.54) is 6.92 Å². The predicted molar refractivity (Wildman–Crippen MR) is 100 cm³/mol. The van der Waals surface area contributed by atoms with Crippen LogP contribution in [0.1, 0.15) is 30.4 Å². The van der Waals surface area contributed by atoms with E-state index in [2.05, 4.69) is 0 Å². The van der Waals surface area contributed by atoms with E-state index in [-0.39, 0.29) is 29.8 Å². The molecule has 0 saturated carbocycles. The maximum Gasteiger partial charge on any atom is 0.339 e. The molecule has 0 spiro atoms. The van der Waals surface area contributed by atoms with Crippen LogP contribution in [0.15, 0.2) is 51.7 Å². The molecule has 0 saturated heterocycles. The lowest BCUT2D eigenvalue weighted by Crippen LogP contribution is -2.20. The van der Waals surface area contributed by atoms with Gasteiger partial charge in [-0.15, -0.1) is 0 Å². The zero-order valence-electron chi connectivity index (χ0n) is 13.9. The van der Waals surface area contributed by atoms with Crippen LogP contribution in [0.3, 0.4) is 0 Å². The van der Waals surface area contributed by atoms with Crippen LogP contribution in [0, 0.1) is 0 Å². The van der Waals surface area contributed by atoms with Gasteiger partial charge in [-0.05, 0) is 43.2 Å². The summed E-state index contributed by atoms with van der Waals surface area (Å²) in [7, 11) is 0. The quantitative estimate of drug-likeness (QED) is 0.603. The topological polar surface area (TPSA) is 70.3 Å². The Hall–Kier alpha value is -2.30. The molecule has 0 N–H and O–H groups in total. The van der Waals surface area contributed by atoms with Crippen LogP contribution in [-0.4, -0.2) is 5.78 Å². The number of benzene rings is 2. The molecule has 0 aliphatic heterocycles. The zero-order valence-corrected chi connectivity index (χ0v) is 15.4. The minimum absolute atomic E-state index is 0.0185. The normalized spacial score (nSPS) is 12.3. The lowest BCUT2D eigenvalue weighted by molar-refractivity contribution is -0.267. The number of hydrogen-bond acceptors (Lipinski definition) is 4. The predicted octanol–water partition coefficient (Wildman–Crippen LogP) is 4.48. The highest BCUT2D eigenvalue weighted by Gasteiger charge is 2.21. The standard InChI is InChI=1S/C20H16Cl2O4/c1-11(23)6-13(7-12-8-14(21)10-15(22)9-12)18-19(24)16-4-2-3-5-17(16)26-20(18)25/h2-5,8-10,13,24H,6-7H2,1H3/p-1.